The molecule has 1 aromatic rings. The smallest absolute Gasteiger partial charge is 0.399 e. The van der Waals surface area contributed by atoms with Crippen molar-refractivity contribution in [2.75, 3.05) is 72.3 Å². The fourth-order valence-corrected chi connectivity index (χ4v) is 9.72. The molecule has 0 aromatic heterocycles. The fraction of sp³-hybridized carbons (Fsp3) is 0.889. The van der Waals surface area contributed by atoms with Gasteiger partial charge in [-0.1, -0.05) is 106 Å². The van der Waals surface area contributed by atoms with Crippen LogP contribution in [0.3, 0.4) is 0 Å². The lowest BCUT2D eigenvalue weighted by Gasteiger charge is -2.48. The van der Waals surface area contributed by atoms with Crippen LogP contribution >= 0.6 is 0 Å². The van der Waals surface area contributed by atoms with Gasteiger partial charge in [-0.05, 0) is 96.7 Å². The summed E-state index contributed by atoms with van der Waals surface area (Å²) in [7, 11) is -2.95. The van der Waals surface area contributed by atoms with Gasteiger partial charge in [-0.2, -0.15) is 0 Å². The topological polar surface area (TPSA) is 145 Å². The Bertz CT molecular complexity index is 1570. The normalized spacial score (nSPS) is 23.1. The van der Waals surface area contributed by atoms with Crippen molar-refractivity contribution in [1.29, 1.82) is 0 Å². The van der Waals surface area contributed by atoms with Crippen LogP contribution in [0, 0.1) is 0 Å². The van der Waals surface area contributed by atoms with Gasteiger partial charge in [0.2, 0.25) is 0 Å². The zero-order valence-corrected chi connectivity index (χ0v) is 46.7. The third-order valence-electron chi connectivity index (χ3n) is 13.5. The van der Waals surface area contributed by atoms with Gasteiger partial charge in [-0.25, -0.2) is 8.42 Å². The van der Waals surface area contributed by atoms with Gasteiger partial charge in [0.25, 0.3) is 0 Å². The zero-order chi connectivity index (χ0) is 51.4. The number of hydrogen-bond acceptors (Lipinski definition) is 14. The molecule has 1 aromatic carbocycles. The van der Waals surface area contributed by atoms with Crippen molar-refractivity contribution in [3.63, 3.8) is 0 Å². The molecule has 2 heterocycles. The summed E-state index contributed by atoms with van der Waals surface area (Å²) in [6.07, 6.45) is 6.45. The van der Waals surface area contributed by atoms with Crippen LogP contribution in [0.5, 0.6) is 0 Å². The largest absolute Gasteiger partial charge is 0.494 e. The predicted molar refractivity (Wildman–Crippen MR) is 278 cm³/mol. The van der Waals surface area contributed by atoms with Crippen LogP contribution < -0.4 is 5.46 Å². The van der Waals surface area contributed by atoms with Crippen molar-refractivity contribution in [1.82, 2.24) is 0 Å². The van der Waals surface area contributed by atoms with Crippen molar-refractivity contribution in [2.24, 2.45) is 0 Å². The third kappa shape index (κ3) is 20.5. The highest BCUT2D eigenvalue weighted by molar-refractivity contribution is 7.91. The highest BCUT2D eigenvalue weighted by atomic mass is 32.2. The molecule has 0 amide bonds. The second kappa shape index (κ2) is 34.3. The average molecular weight is 1020 g/mol. The van der Waals surface area contributed by atoms with Crippen LogP contribution in [-0.2, 0) is 66.5 Å². The average Bonchev–Trinajstić information content (AvgIpc) is 3.56. The summed E-state index contributed by atoms with van der Waals surface area (Å²) in [6.45, 7) is 27.0. The summed E-state index contributed by atoms with van der Waals surface area (Å²) < 4.78 is 109. The van der Waals surface area contributed by atoms with E-state index < -0.39 is 77.2 Å². The zero-order valence-electron chi connectivity index (χ0n) is 45.9. The molecule has 2 fully saturated rings. The minimum Gasteiger partial charge on any atom is -0.399 e. The molecule has 3 rings (SSSR count). The maximum Gasteiger partial charge on any atom is 0.494 e. The Morgan fingerprint density at radius 3 is 1.60 bits per heavy atom. The van der Waals surface area contributed by atoms with E-state index in [0.717, 1.165) is 95.4 Å². The summed E-state index contributed by atoms with van der Waals surface area (Å²) in [5, 5.41) is 0. The Labute approximate surface area is 426 Å². The van der Waals surface area contributed by atoms with E-state index in [0.29, 0.717) is 59.3 Å². The number of unbranched alkanes of at least 4 members (excludes halogenated alkanes) is 7. The minimum atomic E-state index is -3.95. The highest BCUT2D eigenvalue weighted by Crippen LogP contribution is 2.37. The number of rotatable bonds is 41. The van der Waals surface area contributed by atoms with Crippen molar-refractivity contribution in [3.8, 4) is 0 Å². The van der Waals surface area contributed by atoms with E-state index in [-0.39, 0.29) is 23.4 Å². The maximum atomic E-state index is 14.6. The van der Waals surface area contributed by atoms with E-state index in [2.05, 4.69) is 48.5 Å². The molecule has 70 heavy (non-hydrogen) atoms. The van der Waals surface area contributed by atoms with Crippen LogP contribution in [-0.4, -0.2) is 154 Å². The molecule has 0 spiro atoms. The van der Waals surface area contributed by atoms with Crippen molar-refractivity contribution >= 4 is 22.4 Å². The first-order valence-corrected chi connectivity index (χ1v) is 29.1. The molecule has 2 aliphatic rings. The quantitative estimate of drug-likeness (QED) is 0.0349. The molecule has 2 aliphatic heterocycles. The summed E-state index contributed by atoms with van der Waals surface area (Å²) in [4.78, 5) is 0.161. The van der Waals surface area contributed by atoms with Crippen LogP contribution in [0.2, 0.25) is 0 Å². The monoisotopic (exact) mass is 1010 g/mol. The van der Waals surface area contributed by atoms with E-state index in [1.807, 2.05) is 27.7 Å². The standard InChI is InChI=1S/C54H99BO14S/c1-13-20-32-59-39-31-44(61-34-22-15-3)47(62-35-23-16-4)51(65-38-26-19-7)52(58-12)67-49-45(40-60-33-21-14-2)66-46(48(63-36-24-17-5)50(49)64-37-25-18-6)41-70(56,57)43-29-27-42(28-30-43)55-68-53(8,9)54(10,11)69-55/h27-30,44-52H,13-26,31-41H2,1-12H3/t44-,45?,46+,47?,48-,49-,50?,51+,52+/m1/s1. The predicted octanol–water partition coefficient (Wildman–Crippen LogP) is 9.83. The number of ether oxygens (including phenoxy) is 10. The number of methoxy groups -OCH3 is 1. The van der Waals surface area contributed by atoms with Crippen LogP contribution in [0.1, 0.15) is 172 Å². The van der Waals surface area contributed by atoms with Gasteiger partial charge in [0.05, 0.1) is 34.6 Å². The van der Waals surface area contributed by atoms with Gasteiger partial charge in [0.15, 0.2) is 16.1 Å². The lowest BCUT2D eigenvalue weighted by Crippen LogP contribution is -2.64. The second-order valence-corrected chi connectivity index (χ2v) is 22.1. The van der Waals surface area contributed by atoms with Crippen LogP contribution in [0.15, 0.2) is 29.2 Å². The maximum absolute atomic E-state index is 14.6. The molecule has 0 bridgehead atoms. The first-order valence-electron chi connectivity index (χ1n) is 27.4. The Balaban J connectivity index is 2.13. The van der Waals surface area contributed by atoms with Gasteiger partial charge < -0.3 is 56.7 Å². The molecule has 9 atom stereocenters. The van der Waals surface area contributed by atoms with Crippen LogP contribution in [0.4, 0.5) is 0 Å². The van der Waals surface area contributed by atoms with Crippen molar-refractivity contribution < 1.29 is 65.1 Å². The first-order chi connectivity index (χ1) is 33.7. The number of benzene rings is 1. The van der Waals surface area contributed by atoms with E-state index >= 15 is 0 Å². The Kier molecular flexibility index (Phi) is 30.9. The van der Waals surface area contributed by atoms with Crippen LogP contribution in [0.25, 0.3) is 0 Å². The fourth-order valence-electron chi connectivity index (χ4n) is 8.27. The number of hydrogen-bond donors (Lipinski definition) is 0. The van der Waals surface area contributed by atoms with Gasteiger partial charge >= 0.3 is 7.12 Å². The van der Waals surface area contributed by atoms with Crippen molar-refractivity contribution in [3.05, 3.63) is 24.3 Å². The Morgan fingerprint density at radius 1 is 0.571 bits per heavy atom. The molecule has 0 saturated carbocycles. The SMILES string of the molecule is CCCCOCC[C@@H](OCCCC)C(OCCCC)[C@H](OCCCC)[C@@H](OC)O[C@@H]1C(COCCCC)O[C@@H](CS(=O)(=O)c2ccc(B3OC(C)(C)C(C)(C)O3)cc2)[C@@H](OCCCC)C1OCCCC. The van der Waals surface area contributed by atoms with Crippen molar-refractivity contribution in [2.45, 2.75) is 244 Å². The Hall–Kier alpha value is -1.25. The highest BCUT2D eigenvalue weighted by Gasteiger charge is 2.53. The molecule has 2 saturated heterocycles. The lowest BCUT2D eigenvalue weighted by atomic mass is 9.79. The summed E-state index contributed by atoms with van der Waals surface area (Å²) in [5.41, 5.74) is -0.333. The molecule has 14 nitrogen and oxygen atoms in total. The molecule has 0 aliphatic carbocycles. The number of sulfone groups is 1. The van der Waals surface area contributed by atoms with Gasteiger partial charge in [-0.3, -0.25) is 0 Å². The molecule has 3 unspecified atom stereocenters. The molecular weight excluding hydrogens is 915 g/mol. The minimum absolute atomic E-state index is 0.130. The molecule has 0 radical (unpaired) electrons. The molecule has 16 heteroatoms. The third-order valence-corrected chi connectivity index (χ3v) is 15.3. The van der Waals surface area contributed by atoms with E-state index in [9.17, 15) is 8.42 Å². The van der Waals surface area contributed by atoms with Gasteiger partial charge in [-0.15, -0.1) is 0 Å². The summed E-state index contributed by atoms with van der Waals surface area (Å²) >= 11 is 0. The van der Waals surface area contributed by atoms with E-state index in [4.69, 9.17) is 56.7 Å². The molecular formula is C54H99BO14S. The second-order valence-electron chi connectivity index (χ2n) is 20.1. The van der Waals surface area contributed by atoms with Gasteiger partial charge in [0.1, 0.15) is 42.7 Å². The molecule has 0 N–H and O–H groups in total. The summed E-state index contributed by atoms with van der Waals surface area (Å²) in [6, 6.07) is 6.77. The first kappa shape index (κ1) is 63.0. The van der Waals surface area contributed by atoms with E-state index in [1.165, 1.54) is 0 Å². The van der Waals surface area contributed by atoms with E-state index in [1.54, 1.807) is 31.4 Å². The summed E-state index contributed by atoms with van der Waals surface area (Å²) in [5.74, 6) is -0.355. The Morgan fingerprint density at radius 2 is 1.06 bits per heavy atom. The van der Waals surface area contributed by atoms with Gasteiger partial charge in [0, 0.05) is 60.0 Å². The lowest BCUT2D eigenvalue weighted by molar-refractivity contribution is -0.316. The molecule has 408 valence electrons.